The summed E-state index contributed by atoms with van der Waals surface area (Å²) in [5.41, 5.74) is 1.74. The van der Waals surface area contributed by atoms with Crippen molar-refractivity contribution in [1.82, 2.24) is 0 Å². The normalized spacial score (nSPS) is 9.18. The molecule has 0 bridgehead atoms. The molecule has 0 saturated heterocycles. The fourth-order valence-corrected chi connectivity index (χ4v) is 1.10. The van der Waals surface area contributed by atoms with E-state index in [2.05, 4.69) is 10.2 Å². The van der Waals surface area contributed by atoms with Gasteiger partial charge in [-0.05, 0) is 24.3 Å². The number of rotatable bonds is 2. The Kier molecular flexibility index (Phi) is 5.76. The van der Waals surface area contributed by atoms with Crippen LogP contribution in [0.1, 0.15) is 6.92 Å². The van der Waals surface area contributed by atoms with Gasteiger partial charge in [0, 0.05) is 6.92 Å². The van der Waals surface area contributed by atoms with E-state index in [0.717, 1.165) is 11.4 Å². The van der Waals surface area contributed by atoms with Gasteiger partial charge in [-0.1, -0.05) is 36.4 Å². The molecule has 0 N–H and O–H groups in total. The zero-order chi connectivity index (χ0) is 12.3. The summed E-state index contributed by atoms with van der Waals surface area (Å²) in [6.07, 6.45) is 0. The molecule has 0 aliphatic heterocycles. The molecule has 0 spiro atoms. The third kappa shape index (κ3) is 5.24. The van der Waals surface area contributed by atoms with Crippen LogP contribution in [0.15, 0.2) is 70.9 Å². The quantitative estimate of drug-likeness (QED) is 0.684. The van der Waals surface area contributed by atoms with Crippen LogP contribution < -0.4 is 0 Å². The maximum atomic E-state index is 7.32. The molecule has 3 nitrogen and oxygen atoms in total. The highest BCUT2D eigenvalue weighted by molar-refractivity contribution is 5.39. The van der Waals surface area contributed by atoms with Crippen LogP contribution in [0.25, 0.3) is 0 Å². The fraction of sp³-hybridized carbons (Fsp3) is 0.0714. The Labute approximate surface area is 101 Å². The largest absolute Gasteiger partial charge is 0.199 e. The molecule has 3 heteroatoms. The third-order valence-corrected chi connectivity index (χ3v) is 1.79. The van der Waals surface area contributed by atoms with Crippen molar-refractivity contribution in [3.05, 3.63) is 60.7 Å². The minimum atomic E-state index is 0.872. The second-order valence-corrected chi connectivity index (χ2v) is 3.09. The first-order chi connectivity index (χ1) is 8.36. The smallest absolute Gasteiger partial charge is 0.0857 e. The van der Waals surface area contributed by atoms with Crippen molar-refractivity contribution in [1.29, 1.82) is 5.26 Å². The first-order valence-corrected chi connectivity index (χ1v) is 5.19. The second kappa shape index (κ2) is 7.77. The summed E-state index contributed by atoms with van der Waals surface area (Å²) in [7, 11) is 0. The Hall–Kier alpha value is -2.47. The highest BCUT2D eigenvalue weighted by Gasteiger charge is 1.86. The predicted molar refractivity (Wildman–Crippen MR) is 68.3 cm³/mol. The van der Waals surface area contributed by atoms with Crippen LogP contribution in [-0.2, 0) is 0 Å². The van der Waals surface area contributed by atoms with Crippen molar-refractivity contribution in [2.45, 2.75) is 6.92 Å². The van der Waals surface area contributed by atoms with Crippen molar-refractivity contribution in [3.63, 3.8) is 0 Å². The molecule has 0 fully saturated rings. The number of nitriles is 1. The molecular weight excluding hydrogens is 210 g/mol. The number of hydrogen-bond acceptors (Lipinski definition) is 3. The molecule has 0 amide bonds. The lowest BCUT2D eigenvalue weighted by Crippen LogP contribution is -1.62. The molecule has 84 valence electrons. The lowest BCUT2D eigenvalue weighted by molar-refractivity contribution is 1.23. The SMILES string of the molecule is CC#N.c1ccc(N=Nc2ccccc2)cc1. The van der Waals surface area contributed by atoms with Crippen LogP contribution in [0.3, 0.4) is 0 Å². The average molecular weight is 223 g/mol. The molecule has 17 heavy (non-hydrogen) atoms. The van der Waals surface area contributed by atoms with E-state index in [-0.39, 0.29) is 0 Å². The van der Waals surface area contributed by atoms with E-state index in [1.165, 1.54) is 6.92 Å². The predicted octanol–water partition coefficient (Wildman–Crippen LogP) is 4.63. The van der Waals surface area contributed by atoms with Crippen LogP contribution in [0.5, 0.6) is 0 Å². The Balaban J connectivity index is 0.000000437. The maximum Gasteiger partial charge on any atom is 0.0857 e. The number of hydrogen-bond donors (Lipinski definition) is 0. The number of azo groups is 1. The molecular formula is C14H13N3. The van der Waals surface area contributed by atoms with Crippen LogP contribution in [0, 0.1) is 11.3 Å². The Morgan fingerprint density at radius 2 is 1.06 bits per heavy atom. The maximum absolute atomic E-state index is 7.32. The summed E-state index contributed by atoms with van der Waals surface area (Å²) in [5.74, 6) is 0. The molecule has 0 saturated carbocycles. The van der Waals surface area contributed by atoms with Crippen molar-refractivity contribution >= 4 is 11.4 Å². The summed E-state index contributed by atoms with van der Waals surface area (Å²) in [6.45, 7) is 1.43. The van der Waals surface area contributed by atoms with Gasteiger partial charge in [-0.25, -0.2) is 0 Å². The van der Waals surface area contributed by atoms with Gasteiger partial charge < -0.3 is 0 Å². The van der Waals surface area contributed by atoms with E-state index in [1.54, 1.807) is 6.07 Å². The zero-order valence-electron chi connectivity index (χ0n) is 9.62. The summed E-state index contributed by atoms with van der Waals surface area (Å²) < 4.78 is 0. The van der Waals surface area contributed by atoms with E-state index < -0.39 is 0 Å². The van der Waals surface area contributed by atoms with Gasteiger partial charge in [0.1, 0.15) is 0 Å². The Morgan fingerprint density at radius 3 is 1.35 bits per heavy atom. The molecule has 0 radical (unpaired) electrons. The van der Waals surface area contributed by atoms with E-state index >= 15 is 0 Å². The molecule has 0 aromatic heterocycles. The van der Waals surface area contributed by atoms with Gasteiger partial charge in [0.2, 0.25) is 0 Å². The molecule has 2 aromatic rings. The van der Waals surface area contributed by atoms with Crippen LogP contribution in [0.2, 0.25) is 0 Å². The molecule has 0 aliphatic rings. The van der Waals surface area contributed by atoms with E-state index in [0.29, 0.717) is 0 Å². The molecule has 0 aliphatic carbocycles. The first kappa shape index (κ1) is 12.6. The van der Waals surface area contributed by atoms with Crippen molar-refractivity contribution in [2.24, 2.45) is 10.2 Å². The van der Waals surface area contributed by atoms with Crippen molar-refractivity contribution in [2.75, 3.05) is 0 Å². The van der Waals surface area contributed by atoms with Gasteiger partial charge in [0.05, 0.1) is 17.4 Å². The highest BCUT2D eigenvalue weighted by atomic mass is 15.1. The van der Waals surface area contributed by atoms with Gasteiger partial charge >= 0.3 is 0 Å². The zero-order valence-corrected chi connectivity index (χ0v) is 9.62. The third-order valence-electron chi connectivity index (χ3n) is 1.79. The Morgan fingerprint density at radius 1 is 0.765 bits per heavy atom. The summed E-state index contributed by atoms with van der Waals surface area (Å²) in [6, 6.07) is 21.1. The lowest BCUT2D eigenvalue weighted by Gasteiger charge is -1.91. The average Bonchev–Trinajstić information content (AvgIpc) is 2.40. The lowest BCUT2D eigenvalue weighted by atomic mass is 10.3. The monoisotopic (exact) mass is 223 g/mol. The summed E-state index contributed by atoms with van der Waals surface area (Å²) in [4.78, 5) is 0. The van der Waals surface area contributed by atoms with Gasteiger partial charge in [-0.15, -0.1) is 0 Å². The van der Waals surface area contributed by atoms with E-state index in [9.17, 15) is 0 Å². The van der Waals surface area contributed by atoms with Gasteiger partial charge in [-0.2, -0.15) is 15.5 Å². The van der Waals surface area contributed by atoms with Crippen molar-refractivity contribution in [3.8, 4) is 6.07 Å². The molecule has 0 unspecified atom stereocenters. The second-order valence-electron chi connectivity index (χ2n) is 3.09. The van der Waals surface area contributed by atoms with E-state index in [1.807, 2.05) is 60.7 Å². The molecule has 0 atom stereocenters. The van der Waals surface area contributed by atoms with Crippen LogP contribution in [0.4, 0.5) is 11.4 Å². The number of nitrogens with zero attached hydrogens (tertiary/aromatic N) is 3. The van der Waals surface area contributed by atoms with Gasteiger partial charge in [0.15, 0.2) is 0 Å². The van der Waals surface area contributed by atoms with Crippen LogP contribution in [-0.4, -0.2) is 0 Å². The minimum Gasteiger partial charge on any atom is -0.199 e. The van der Waals surface area contributed by atoms with E-state index in [4.69, 9.17) is 5.26 Å². The van der Waals surface area contributed by atoms with Gasteiger partial charge in [-0.3, -0.25) is 0 Å². The topological polar surface area (TPSA) is 48.5 Å². The van der Waals surface area contributed by atoms with Crippen LogP contribution >= 0.6 is 0 Å². The summed E-state index contributed by atoms with van der Waals surface area (Å²) in [5, 5.41) is 15.5. The summed E-state index contributed by atoms with van der Waals surface area (Å²) >= 11 is 0. The minimum absolute atomic E-state index is 0.872. The van der Waals surface area contributed by atoms with Gasteiger partial charge in [0.25, 0.3) is 0 Å². The molecule has 2 rings (SSSR count). The molecule has 0 heterocycles. The highest BCUT2D eigenvalue weighted by Crippen LogP contribution is 2.16. The Bertz CT molecular complexity index is 442. The first-order valence-electron chi connectivity index (χ1n) is 5.19. The standard InChI is InChI=1S/C12H10N2.C2H3N/c1-3-7-11(8-4-1)13-14-12-9-5-2-6-10-12;1-2-3/h1-10H;1H3. The van der Waals surface area contributed by atoms with Crippen molar-refractivity contribution < 1.29 is 0 Å². The fourth-order valence-electron chi connectivity index (χ4n) is 1.10. The number of benzene rings is 2. The molecule has 2 aromatic carbocycles.